The molecular formula is C23H24N4O2. The molecule has 0 aliphatic heterocycles. The molecule has 0 saturated carbocycles. The minimum absolute atomic E-state index is 0.0563. The van der Waals surface area contributed by atoms with Gasteiger partial charge in [0.2, 0.25) is 5.91 Å². The summed E-state index contributed by atoms with van der Waals surface area (Å²) in [6.07, 6.45) is 2.62. The van der Waals surface area contributed by atoms with Crippen LogP contribution >= 0.6 is 0 Å². The van der Waals surface area contributed by atoms with Crippen molar-refractivity contribution in [2.45, 2.75) is 32.9 Å². The number of carbonyl (C=O) groups is 1. The van der Waals surface area contributed by atoms with Gasteiger partial charge in [-0.15, -0.1) is 0 Å². The lowest BCUT2D eigenvalue weighted by atomic mass is 10.2. The first-order chi connectivity index (χ1) is 14.1. The third-order valence-electron chi connectivity index (χ3n) is 5.21. The van der Waals surface area contributed by atoms with Crippen LogP contribution in [0.3, 0.4) is 0 Å². The summed E-state index contributed by atoms with van der Waals surface area (Å²) in [6.45, 7) is 3.89. The molecule has 0 spiro atoms. The molecule has 0 fully saturated rings. The van der Waals surface area contributed by atoms with E-state index >= 15 is 0 Å². The van der Waals surface area contributed by atoms with Gasteiger partial charge in [0.05, 0.1) is 17.2 Å². The summed E-state index contributed by atoms with van der Waals surface area (Å²) in [5, 5.41) is 4.76. The lowest BCUT2D eigenvalue weighted by molar-refractivity contribution is -0.121. The molecule has 2 aromatic heterocycles. The second-order valence-electron chi connectivity index (χ2n) is 7.21. The van der Waals surface area contributed by atoms with Crippen molar-refractivity contribution in [1.29, 1.82) is 0 Å². The number of nitrogens with zero attached hydrogens (tertiary/aromatic N) is 3. The number of aryl methyl sites for hydroxylation is 3. The molecule has 0 aliphatic rings. The lowest BCUT2D eigenvalue weighted by Gasteiger charge is -2.10. The molecule has 2 heterocycles. The van der Waals surface area contributed by atoms with Gasteiger partial charge in [-0.05, 0) is 43.0 Å². The summed E-state index contributed by atoms with van der Waals surface area (Å²) in [7, 11) is 0. The van der Waals surface area contributed by atoms with Crippen LogP contribution in [0, 0.1) is 6.92 Å². The first-order valence-electron chi connectivity index (χ1n) is 9.89. The van der Waals surface area contributed by atoms with Crippen LogP contribution in [0.5, 0.6) is 0 Å². The fourth-order valence-electron chi connectivity index (χ4n) is 3.69. The number of benzene rings is 2. The Bertz CT molecular complexity index is 1220. The maximum atomic E-state index is 12.5. The molecule has 0 saturated heterocycles. The van der Waals surface area contributed by atoms with E-state index in [1.165, 1.54) is 27.5 Å². The van der Waals surface area contributed by atoms with Gasteiger partial charge in [-0.25, -0.2) is 4.98 Å². The van der Waals surface area contributed by atoms with Crippen molar-refractivity contribution >= 4 is 27.7 Å². The highest BCUT2D eigenvalue weighted by atomic mass is 16.1. The zero-order chi connectivity index (χ0) is 20.2. The number of rotatable bonds is 7. The van der Waals surface area contributed by atoms with Crippen molar-refractivity contribution in [2.24, 2.45) is 0 Å². The van der Waals surface area contributed by atoms with Crippen molar-refractivity contribution in [3.8, 4) is 0 Å². The lowest BCUT2D eigenvalue weighted by Crippen LogP contribution is -2.28. The molecule has 0 bridgehead atoms. The predicted octanol–water partition coefficient (Wildman–Crippen LogP) is 3.26. The molecule has 4 rings (SSSR count). The number of para-hydroxylation sites is 2. The summed E-state index contributed by atoms with van der Waals surface area (Å²) in [6, 6.07) is 17.7. The van der Waals surface area contributed by atoms with Crippen LogP contribution in [0.15, 0.2) is 65.7 Å². The second kappa shape index (κ2) is 8.31. The summed E-state index contributed by atoms with van der Waals surface area (Å²) >= 11 is 0. The van der Waals surface area contributed by atoms with Crippen LogP contribution in [0.25, 0.3) is 21.8 Å². The molecule has 29 heavy (non-hydrogen) atoms. The van der Waals surface area contributed by atoms with E-state index in [4.69, 9.17) is 0 Å². The van der Waals surface area contributed by atoms with Crippen LogP contribution in [0.1, 0.15) is 18.5 Å². The average molecular weight is 388 g/mol. The Kier molecular flexibility index (Phi) is 5.42. The van der Waals surface area contributed by atoms with Crippen LogP contribution in [0.4, 0.5) is 0 Å². The molecule has 148 valence electrons. The van der Waals surface area contributed by atoms with Crippen molar-refractivity contribution in [3.05, 3.63) is 77.0 Å². The van der Waals surface area contributed by atoms with Crippen LogP contribution in [0.2, 0.25) is 0 Å². The standard InChI is InChI=1S/C23H24N4O2/c1-17-15-18-7-2-5-10-21(18)27(17)13-6-12-24-22(28)11-14-26-16-25-20-9-4-3-8-19(20)23(26)29/h2-5,7-10,15-16H,6,11-14H2,1H3,(H,24,28). The molecule has 6 heteroatoms. The summed E-state index contributed by atoms with van der Waals surface area (Å²) < 4.78 is 3.78. The molecule has 0 atom stereocenters. The summed E-state index contributed by atoms with van der Waals surface area (Å²) in [5.74, 6) is -0.0563. The highest BCUT2D eigenvalue weighted by Crippen LogP contribution is 2.19. The first kappa shape index (κ1) is 18.9. The third kappa shape index (κ3) is 4.06. The van der Waals surface area contributed by atoms with Gasteiger partial charge in [-0.2, -0.15) is 0 Å². The molecule has 1 amide bonds. The van der Waals surface area contributed by atoms with Crippen molar-refractivity contribution in [2.75, 3.05) is 6.54 Å². The number of hydrogen-bond acceptors (Lipinski definition) is 3. The van der Waals surface area contributed by atoms with Gasteiger partial charge in [0.1, 0.15) is 0 Å². The zero-order valence-electron chi connectivity index (χ0n) is 16.5. The Hall–Kier alpha value is -3.41. The largest absolute Gasteiger partial charge is 0.356 e. The number of aromatic nitrogens is 3. The van der Waals surface area contributed by atoms with Gasteiger partial charge in [0, 0.05) is 37.3 Å². The first-order valence-corrected chi connectivity index (χ1v) is 9.89. The van der Waals surface area contributed by atoms with Crippen LogP contribution in [-0.4, -0.2) is 26.6 Å². The molecule has 1 N–H and O–H groups in total. The highest BCUT2D eigenvalue weighted by Gasteiger charge is 2.07. The number of fused-ring (bicyclic) bond motifs is 2. The minimum Gasteiger partial charge on any atom is -0.356 e. The van der Waals surface area contributed by atoms with Gasteiger partial charge in [-0.3, -0.25) is 14.2 Å². The molecule has 0 radical (unpaired) electrons. The van der Waals surface area contributed by atoms with Gasteiger partial charge in [-0.1, -0.05) is 30.3 Å². The van der Waals surface area contributed by atoms with E-state index in [1.54, 1.807) is 6.07 Å². The Balaban J connectivity index is 1.28. The molecule has 2 aromatic carbocycles. The van der Waals surface area contributed by atoms with E-state index in [0.29, 0.717) is 24.0 Å². The van der Waals surface area contributed by atoms with Crippen molar-refractivity contribution in [3.63, 3.8) is 0 Å². The maximum Gasteiger partial charge on any atom is 0.261 e. The number of hydrogen-bond donors (Lipinski definition) is 1. The predicted molar refractivity (Wildman–Crippen MR) is 115 cm³/mol. The van der Waals surface area contributed by atoms with E-state index in [2.05, 4.69) is 40.0 Å². The molecule has 6 nitrogen and oxygen atoms in total. The van der Waals surface area contributed by atoms with E-state index in [9.17, 15) is 9.59 Å². The zero-order valence-corrected chi connectivity index (χ0v) is 16.5. The smallest absolute Gasteiger partial charge is 0.261 e. The average Bonchev–Trinajstić information content (AvgIpc) is 3.06. The normalized spacial score (nSPS) is 11.2. The maximum absolute atomic E-state index is 12.5. The minimum atomic E-state index is -0.113. The third-order valence-corrected chi connectivity index (χ3v) is 5.21. The topological polar surface area (TPSA) is 68.9 Å². The Morgan fingerprint density at radius 2 is 1.86 bits per heavy atom. The van der Waals surface area contributed by atoms with Gasteiger partial charge >= 0.3 is 0 Å². The van der Waals surface area contributed by atoms with Gasteiger partial charge in [0.25, 0.3) is 5.56 Å². The van der Waals surface area contributed by atoms with Crippen LogP contribution < -0.4 is 10.9 Å². The van der Waals surface area contributed by atoms with Gasteiger partial charge < -0.3 is 9.88 Å². The van der Waals surface area contributed by atoms with Gasteiger partial charge in [0.15, 0.2) is 0 Å². The summed E-state index contributed by atoms with van der Waals surface area (Å²) in [5.41, 5.74) is 3.00. The van der Waals surface area contributed by atoms with E-state index < -0.39 is 0 Å². The summed E-state index contributed by atoms with van der Waals surface area (Å²) in [4.78, 5) is 28.9. The SMILES string of the molecule is Cc1cc2ccccc2n1CCCNC(=O)CCn1cnc2ccccc2c1=O. The van der Waals surface area contributed by atoms with Crippen molar-refractivity contribution in [1.82, 2.24) is 19.4 Å². The fourth-order valence-corrected chi connectivity index (χ4v) is 3.69. The quantitative estimate of drug-likeness (QED) is 0.494. The monoisotopic (exact) mass is 388 g/mol. The molecule has 0 unspecified atom stereocenters. The Morgan fingerprint density at radius 1 is 1.07 bits per heavy atom. The Labute approximate surface area is 168 Å². The number of carbonyl (C=O) groups excluding carboxylic acids is 1. The molecular weight excluding hydrogens is 364 g/mol. The second-order valence-corrected chi connectivity index (χ2v) is 7.21. The van der Waals surface area contributed by atoms with E-state index in [0.717, 1.165) is 13.0 Å². The van der Waals surface area contributed by atoms with Crippen LogP contribution in [-0.2, 0) is 17.9 Å². The number of amides is 1. The fraction of sp³-hybridized carbons (Fsp3) is 0.261. The Morgan fingerprint density at radius 3 is 2.76 bits per heavy atom. The molecule has 4 aromatic rings. The van der Waals surface area contributed by atoms with E-state index in [-0.39, 0.29) is 17.9 Å². The van der Waals surface area contributed by atoms with Crippen molar-refractivity contribution < 1.29 is 4.79 Å². The molecule has 0 aliphatic carbocycles. The van der Waals surface area contributed by atoms with E-state index in [1.807, 2.05) is 30.3 Å². The highest BCUT2D eigenvalue weighted by molar-refractivity contribution is 5.81. The number of nitrogens with one attached hydrogen (secondary N) is 1.